The lowest BCUT2D eigenvalue weighted by Gasteiger charge is -2.40. The van der Waals surface area contributed by atoms with E-state index in [1.807, 2.05) is 0 Å². The topological polar surface area (TPSA) is 105 Å². The Morgan fingerprint density at radius 2 is 1.70 bits per heavy atom. The predicted molar refractivity (Wildman–Crippen MR) is 103 cm³/mol. The van der Waals surface area contributed by atoms with Crippen LogP contribution in [0, 0.1) is 5.82 Å². The maximum Gasteiger partial charge on any atom is 0.358 e. The van der Waals surface area contributed by atoms with Crippen LogP contribution in [0.1, 0.15) is 50.3 Å². The van der Waals surface area contributed by atoms with Crippen LogP contribution in [-0.2, 0) is 9.63 Å². The fourth-order valence-corrected chi connectivity index (χ4v) is 3.52. The number of benzene rings is 2. The average molecular weight is 411 g/mol. The molecule has 0 atom stereocenters. The van der Waals surface area contributed by atoms with E-state index in [-0.39, 0.29) is 22.4 Å². The Hall–Kier alpha value is -3.75. The van der Waals surface area contributed by atoms with Gasteiger partial charge in [-0.2, -0.15) is 0 Å². The van der Waals surface area contributed by atoms with Gasteiger partial charge < -0.3 is 15.5 Å². The van der Waals surface area contributed by atoms with E-state index in [4.69, 9.17) is 4.84 Å². The molecule has 0 saturated heterocycles. The lowest BCUT2D eigenvalue weighted by molar-refractivity contribution is -0.177. The van der Waals surface area contributed by atoms with Crippen LogP contribution in [0.3, 0.4) is 0 Å². The van der Waals surface area contributed by atoms with E-state index in [1.165, 1.54) is 31.3 Å². The number of rotatable bonds is 5. The zero-order valence-electron chi connectivity index (χ0n) is 16.0. The van der Waals surface area contributed by atoms with Gasteiger partial charge in [0, 0.05) is 12.7 Å². The van der Waals surface area contributed by atoms with Crippen molar-refractivity contribution >= 4 is 29.4 Å². The number of hydrogen-bond acceptors (Lipinski definition) is 6. The van der Waals surface area contributed by atoms with Crippen molar-refractivity contribution in [1.82, 2.24) is 10.4 Å². The molecule has 8 nitrogen and oxygen atoms in total. The molecule has 0 spiro atoms. The number of hydrogen-bond donors (Lipinski definition) is 2. The number of carbonyl (C=O) groups is 4. The molecule has 1 aliphatic carbocycles. The third-order valence-electron chi connectivity index (χ3n) is 5.35. The summed E-state index contributed by atoms with van der Waals surface area (Å²) in [5, 5.41) is 5.75. The van der Waals surface area contributed by atoms with Gasteiger partial charge in [-0.05, 0) is 49.6 Å². The average Bonchev–Trinajstić information content (AvgIpc) is 2.95. The molecular weight excluding hydrogens is 393 g/mol. The number of imide groups is 1. The summed E-state index contributed by atoms with van der Waals surface area (Å²) in [4.78, 5) is 54.5. The Kier molecular flexibility index (Phi) is 4.73. The van der Waals surface area contributed by atoms with Gasteiger partial charge in [-0.1, -0.05) is 17.2 Å². The molecule has 0 bridgehead atoms. The third-order valence-corrected chi connectivity index (χ3v) is 5.35. The smallest absolute Gasteiger partial charge is 0.358 e. The molecule has 2 aromatic rings. The van der Waals surface area contributed by atoms with Crippen molar-refractivity contribution in [2.24, 2.45) is 0 Å². The molecule has 9 heteroatoms. The van der Waals surface area contributed by atoms with Crippen molar-refractivity contribution in [2.75, 3.05) is 12.4 Å². The summed E-state index contributed by atoms with van der Waals surface area (Å²) in [7, 11) is 1.40. The van der Waals surface area contributed by atoms with Crippen molar-refractivity contribution < 1.29 is 28.4 Å². The SMILES string of the molecule is CNC(=O)c1ccc(NC2(C(=O)ON3C(=O)c4ccccc4C3=O)CCC2)cc1F. The van der Waals surface area contributed by atoms with Gasteiger partial charge >= 0.3 is 5.97 Å². The van der Waals surface area contributed by atoms with Gasteiger partial charge in [0.15, 0.2) is 0 Å². The van der Waals surface area contributed by atoms with Gasteiger partial charge in [-0.25, -0.2) is 9.18 Å². The normalized spacial score (nSPS) is 16.5. The molecule has 2 N–H and O–H groups in total. The lowest BCUT2D eigenvalue weighted by Crippen LogP contribution is -2.55. The Morgan fingerprint density at radius 3 is 2.20 bits per heavy atom. The van der Waals surface area contributed by atoms with E-state index in [0.717, 1.165) is 6.07 Å². The van der Waals surface area contributed by atoms with E-state index >= 15 is 0 Å². The highest BCUT2D eigenvalue weighted by atomic mass is 19.1. The zero-order valence-corrected chi connectivity index (χ0v) is 16.0. The molecule has 0 aromatic heterocycles. The van der Waals surface area contributed by atoms with E-state index in [0.29, 0.717) is 24.3 Å². The summed E-state index contributed by atoms with van der Waals surface area (Å²) in [6.45, 7) is 0. The standard InChI is InChI=1S/C21H18FN3O5/c1-23-17(26)15-8-7-12(11-16(15)22)24-21(9-4-10-21)20(29)30-25-18(27)13-5-2-3-6-14(13)19(25)28/h2-3,5-8,11,24H,4,9-10H2,1H3,(H,23,26). The maximum absolute atomic E-state index is 14.3. The van der Waals surface area contributed by atoms with E-state index in [1.54, 1.807) is 12.1 Å². The lowest BCUT2D eigenvalue weighted by atomic mass is 9.76. The molecule has 0 radical (unpaired) electrons. The minimum absolute atomic E-state index is 0.126. The van der Waals surface area contributed by atoms with Gasteiger partial charge in [0.1, 0.15) is 11.4 Å². The summed E-state index contributed by atoms with van der Waals surface area (Å²) >= 11 is 0. The Bertz CT molecular complexity index is 1050. The molecule has 4 rings (SSSR count). The number of nitrogens with one attached hydrogen (secondary N) is 2. The molecule has 2 aliphatic rings. The number of fused-ring (bicyclic) bond motifs is 1. The summed E-state index contributed by atoms with van der Waals surface area (Å²) in [5.74, 6) is -3.54. The second kappa shape index (κ2) is 7.25. The van der Waals surface area contributed by atoms with Crippen LogP contribution in [0.15, 0.2) is 42.5 Å². The summed E-state index contributed by atoms with van der Waals surface area (Å²) < 4.78 is 14.3. The number of nitrogens with zero attached hydrogens (tertiary/aromatic N) is 1. The first-order valence-corrected chi connectivity index (χ1v) is 9.36. The zero-order chi connectivity index (χ0) is 21.5. The number of amides is 3. The van der Waals surface area contributed by atoms with Crippen LogP contribution in [0.2, 0.25) is 0 Å². The van der Waals surface area contributed by atoms with Crippen LogP contribution in [-0.4, -0.2) is 41.3 Å². The third kappa shape index (κ3) is 3.08. The summed E-state index contributed by atoms with van der Waals surface area (Å²) in [6.07, 6.45) is 1.48. The molecule has 2 aromatic carbocycles. The molecule has 1 saturated carbocycles. The molecular formula is C21H18FN3O5. The van der Waals surface area contributed by atoms with Gasteiger partial charge in [-0.3, -0.25) is 14.4 Å². The first kappa shape index (κ1) is 19.6. The maximum atomic E-state index is 14.3. The van der Waals surface area contributed by atoms with E-state index in [9.17, 15) is 23.6 Å². The van der Waals surface area contributed by atoms with Crippen LogP contribution in [0.5, 0.6) is 0 Å². The first-order chi connectivity index (χ1) is 14.4. The number of hydroxylamine groups is 2. The number of carbonyl (C=O) groups excluding carboxylic acids is 4. The minimum Gasteiger partial charge on any atom is -0.370 e. The van der Waals surface area contributed by atoms with Crippen molar-refractivity contribution in [2.45, 2.75) is 24.8 Å². The Labute approximate surface area is 171 Å². The first-order valence-electron chi connectivity index (χ1n) is 9.36. The Morgan fingerprint density at radius 1 is 1.07 bits per heavy atom. The molecule has 3 amide bonds. The molecule has 1 aliphatic heterocycles. The van der Waals surface area contributed by atoms with Crippen LogP contribution < -0.4 is 10.6 Å². The second-order valence-electron chi connectivity index (χ2n) is 7.16. The van der Waals surface area contributed by atoms with Gasteiger partial charge in [0.2, 0.25) is 0 Å². The highest BCUT2D eigenvalue weighted by Crippen LogP contribution is 2.38. The highest BCUT2D eigenvalue weighted by Gasteiger charge is 2.49. The van der Waals surface area contributed by atoms with Crippen LogP contribution >= 0.6 is 0 Å². The van der Waals surface area contributed by atoms with Crippen LogP contribution in [0.25, 0.3) is 0 Å². The number of anilines is 1. The fraction of sp³-hybridized carbons (Fsp3) is 0.238. The van der Waals surface area contributed by atoms with E-state index in [2.05, 4.69) is 10.6 Å². The van der Waals surface area contributed by atoms with Gasteiger partial charge in [0.05, 0.1) is 16.7 Å². The quantitative estimate of drug-likeness (QED) is 0.732. The molecule has 30 heavy (non-hydrogen) atoms. The van der Waals surface area contributed by atoms with Crippen LogP contribution in [0.4, 0.5) is 10.1 Å². The fourth-order valence-electron chi connectivity index (χ4n) is 3.52. The van der Waals surface area contributed by atoms with Crippen molar-refractivity contribution in [1.29, 1.82) is 0 Å². The highest BCUT2D eigenvalue weighted by molar-refractivity contribution is 6.21. The van der Waals surface area contributed by atoms with Gasteiger partial charge in [-0.15, -0.1) is 0 Å². The second-order valence-corrected chi connectivity index (χ2v) is 7.16. The monoisotopic (exact) mass is 411 g/mol. The minimum atomic E-state index is -1.20. The largest absolute Gasteiger partial charge is 0.370 e. The van der Waals surface area contributed by atoms with Gasteiger partial charge in [0.25, 0.3) is 17.7 Å². The number of halogens is 1. The van der Waals surface area contributed by atoms with Crippen molar-refractivity contribution in [3.63, 3.8) is 0 Å². The van der Waals surface area contributed by atoms with Crippen molar-refractivity contribution in [3.05, 3.63) is 65.0 Å². The predicted octanol–water partition coefficient (Wildman–Crippen LogP) is 2.27. The molecule has 1 heterocycles. The molecule has 1 fully saturated rings. The summed E-state index contributed by atoms with van der Waals surface area (Å²) in [6, 6.07) is 10.1. The Balaban J connectivity index is 1.52. The molecule has 0 unspecified atom stereocenters. The molecule has 154 valence electrons. The summed E-state index contributed by atoms with van der Waals surface area (Å²) in [5.41, 5.74) is -0.718. The van der Waals surface area contributed by atoms with Crippen molar-refractivity contribution in [3.8, 4) is 0 Å². The van der Waals surface area contributed by atoms with E-state index < -0.39 is 35.0 Å².